The third-order valence-corrected chi connectivity index (χ3v) is 4.69. The molecule has 0 radical (unpaired) electrons. The Bertz CT molecular complexity index is 453. The van der Waals surface area contributed by atoms with Crippen molar-refractivity contribution in [1.29, 1.82) is 0 Å². The number of ether oxygens (including phenoxy) is 1. The molecule has 0 aliphatic carbocycles. The topological polar surface area (TPSA) is 21.3 Å². The average Bonchev–Trinajstić information content (AvgIpc) is 2.55. The lowest BCUT2D eigenvalue weighted by Gasteiger charge is -2.31. The van der Waals surface area contributed by atoms with Gasteiger partial charge in [0.1, 0.15) is 0 Å². The summed E-state index contributed by atoms with van der Waals surface area (Å²) in [5.74, 6) is 0. The Labute approximate surface area is 131 Å². The van der Waals surface area contributed by atoms with Crippen molar-refractivity contribution in [2.24, 2.45) is 0 Å². The summed E-state index contributed by atoms with van der Waals surface area (Å²) in [5.41, 5.74) is 1.18. The highest BCUT2D eigenvalue weighted by molar-refractivity contribution is 9.10. The van der Waals surface area contributed by atoms with Crippen molar-refractivity contribution in [3.8, 4) is 0 Å². The van der Waals surface area contributed by atoms with Crippen molar-refractivity contribution in [2.75, 3.05) is 0 Å². The lowest BCUT2D eigenvalue weighted by Crippen LogP contribution is -2.44. The van der Waals surface area contributed by atoms with Crippen LogP contribution in [0.4, 0.5) is 0 Å². The molecule has 1 fully saturated rings. The second-order valence-electron chi connectivity index (χ2n) is 6.90. The largest absolute Gasteiger partial charge is 0.368 e. The first-order valence-corrected chi connectivity index (χ1v) is 8.24. The van der Waals surface area contributed by atoms with Gasteiger partial charge in [-0.25, -0.2) is 0 Å². The van der Waals surface area contributed by atoms with Gasteiger partial charge in [0.05, 0.1) is 11.2 Å². The van der Waals surface area contributed by atoms with Gasteiger partial charge in [0.15, 0.2) is 0 Å². The molecule has 2 nitrogen and oxygen atoms in total. The second-order valence-corrected chi connectivity index (χ2v) is 7.82. The first-order chi connectivity index (χ1) is 9.23. The molecule has 0 spiro atoms. The summed E-state index contributed by atoms with van der Waals surface area (Å²) in [4.78, 5) is 0. The minimum atomic E-state index is -0.119. The highest BCUT2D eigenvalue weighted by atomic mass is 79.9. The van der Waals surface area contributed by atoms with E-state index in [0.29, 0.717) is 12.1 Å². The molecule has 20 heavy (non-hydrogen) atoms. The third-order valence-electron chi connectivity index (χ3n) is 4.16. The quantitative estimate of drug-likeness (QED) is 0.847. The number of halogens is 1. The van der Waals surface area contributed by atoms with Crippen LogP contribution >= 0.6 is 15.9 Å². The molecule has 1 saturated heterocycles. The van der Waals surface area contributed by atoms with E-state index in [-0.39, 0.29) is 11.2 Å². The summed E-state index contributed by atoms with van der Waals surface area (Å²) in [6, 6.07) is 9.37. The van der Waals surface area contributed by atoms with Crippen molar-refractivity contribution in [3.05, 3.63) is 34.3 Å². The normalized spacial score (nSPS) is 25.6. The molecule has 0 bridgehead atoms. The van der Waals surface area contributed by atoms with Crippen molar-refractivity contribution < 1.29 is 4.74 Å². The summed E-state index contributed by atoms with van der Waals surface area (Å²) in [7, 11) is 0. The molecule has 0 saturated carbocycles. The van der Waals surface area contributed by atoms with Crippen LogP contribution in [-0.4, -0.2) is 17.2 Å². The number of benzene rings is 1. The molecule has 1 N–H and O–H groups in total. The molecule has 2 atom stereocenters. The van der Waals surface area contributed by atoms with Gasteiger partial charge in [0.25, 0.3) is 0 Å². The van der Waals surface area contributed by atoms with Crippen LogP contribution < -0.4 is 5.32 Å². The lowest BCUT2D eigenvalue weighted by atomic mass is 9.92. The number of rotatable bonds is 4. The Balaban J connectivity index is 2.12. The Morgan fingerprint density at radius 1 is 1.25 bits per heavy atom. The van der Waals surface area contributed by atoms with Crippen molar-refractivity contribution in [1.82, 2.24) is 5.32 Å². The Morgan fingerprint density at radius 2 is 1.85 bits per heavy atom. The van der Waals surface area contributed by atoms with Crippen LogP contribution in [0.2, 0.25) is 0 Å². The molecule has 0 aromatic heterocycles. The maximum absolute atomic E-state index is 6.18. The fourth-order valence-corrected chi connectivity index (χ4v) is 3.47. The zero-order valence-corrected chi connectivity index (χ0v) is 14.8. The molecule has 2 unspecified atom stereocenters. The fraction of sp³-hybridized carbons (Fsp3) is 0.647. The molecule has 112 valence electrons. The van der Waals surface area contributed by atoms with Gasteiger partial charge >= 0.3 is 0 Å². The maximum atomic E-state index is 6.18. The summed E-state index contributed by atoms with van der Waals surface area (Å²) in [5, 5.41) is 3.81. The van der Waals surface area contributed by atoms with E-state index >= 15 is 0 Å². The van der Waals surface area contributed by atoms with Gasteiger partial charge in [-0.15, -0.1) is 0 Å². The van der Waals surface area contributed by atoms with E-state index in [9.17, 15) is 0 Å². The van der Waals surface area contributed by atoms with E-state index in [1.165, 1.54) is 5.56 Å². The second kappa shape index (κ2) is 5.78. The third kappa shape index (κ3) is 3.63. The van der Waals surface area contributed by atoms with Gasteiger partial charge < -0.3 is 10.1 Å². The molecule has 1 aliphatic heterocycles. The van der Waals surface area contributed by atoms with Gasteiger partial charge in [-0.3, -0.25) is 0 Å². The Hall–Kier alpha value is -0.380. The fourth-order valence-electron chi connectivity index (χ4n) is 3.21. The van der Waals surface area contributed by atoms with Gasteiger partial charge in [-0.05, 0) is 58.2 Å². The molecule has 1 aromatic rings. The molecular formula is C17H26BrNO. The number of hydrogen-bond donors (Lipinski definition) is 1. The Morgan fingerprint density at radius 3 is 2.30 bits per heavy atom. The van der Waals surface area contributed by atoms with Crippen LogP contribution in [0.5, 0.6) is 0 Å². The summed E-state index contributed by atoms with van der Waals surface area (Å²) in [6.45, 7) is 11.0. The predicted molar refractivity (Wildman–Crippen MR) is 88.0 cm³/mol. The first kappa shape index (κ1) is 16.0. The van der Waals surface area contributed by atoms with Crippen molar-refractivity contribution in [2.45, 2.75) is 70.7 Å². The number of nitrogens with one attached hydrogen (secondary N) is 1. The summed E-state index contributed by atoms with van der Waals surface area (Å²) < 4.78 is 7.31. The minimum absolute atomic E-state index is 0.0425. The lowest BCUT2D eigenvalue weighted by molar-refractivity contribution is -0.0705. The minimum Gasteiger partial charge on any atom is -0.368 e. The molecule has 0 amide bonds. The highest BCUT2D eigenvalue weighted by Gasteiger charge is 2.46. The van der Waals surface area contributed by atoms with Crippen LogP contribution in [0.3, 0.4) is 0 Å². The monoisotopic (exact) mass is 339 g/mol. The molecule has 2 rings (SSSR count). The zero-order chi connectivity index (χ0) is 15.0. The van der Waals surface area contributed by atoms with Crippen molar-refractivity contribution in [3.63, 3.8) is 0 Å². The van der Waals surface area contributed by atoms with E-state index in [4.69, 9.17) is 4.74 Å². The molecule has 3 heteroatoms. The van der Waals surface area contributed by atoms with E-state index in [0.717, 1.165) is 17.3 Å². The van der Waals surface area contributed by atoms with Crippen LogP contribution in [-0.2, 0) is 4.74 Å². The molecular weight excluding hydrogens is 314 g/mol. The smallest absolute Gasteiger partial charge is 0.0787 e. The van der Waals surface area contributed by atoms with E-state index < -0.39 is 0 Å². The van der Waals surface area contributed by atoms with Gasteiger partial charge in [0.2, 0.25) is 0 Å². The maximum Gasteiger partial charge on any atom is 0.0787 e. The Kier molecular flexibility index (Phi) is 4.63. The van der Waals surface area contributed by atoms with Gasteiger partial charge in [-0.2, -0.15) is 0 Å². The van der Waals surface area contributed by atoms with Gasteiger partial charge in [-0.1, -0.05) is 35.0 Å². The van der Waals surface area contributed by atoms with Gasteiger partial charge in [0, 0.05) is 16.6 Å². The van der Waals surface area contributed by atoms with Crippen LogP contribution in [0.15, 0.2) is 28.7 Å². The first-order valence-electron chi connectivity index (χ1n) is 7.45. The zero-order valence-electron chi connectivity index (χ0n) is 13.2. The van der Waals surface area contributed by atoms with Crippen LogP contribution in [0, 0.1) is 0 Å². The predicted octanol–water partition coefficient (Wildman–Crippen LogP) is 4.84. The van der Waals surface area contributed by atoms with Crippen LogP contribution in [0.25, 0.3) is 0 Å². The van der Waals surface area contributed by atoms with E-state index in [1.54, 1.807) is 0 Å². The molecule has 1 aliphatic rings. The summed E-state index contributed by atoms with van der Waals surface area (Å²) >= 11 is 3.50. The molecule has 1 heterocycles. The average molecular weight is 340 g/mol. The van der Waals surface area contributed by atoms with Crippen LogP contribution in [0.1, 0.15) is 59.1 Å². The van der Waals surface area contributed by atoms with E-state index in [1.807, 2.05) is 0 Å². The highest BCUT2D eigenvalue weighted by Crippen LogP contribution is 2.38. The van der Waals surface area contributed by atoms with Crippen molar-refractivity contribution >= 4 is 15.9 Å². The standard InChI is InChI=1S/C17H26BrNO/c1-6-14(12-7-9-13(18)10-8-12)19-15-11-16(2,3)20-17(15,4)5/h7-10,14-15,19H,6,11H2,1-5H3. The van der Waals surface area contributed by atoms with E-state index in [2.05, 4.69) is 80.1 Å². The summed E-state index contributed by atoms with van der Waals surface area (Å²) in [6.07, 6.45) is 2.13. The number of hydrogen-bond acceptors (Lipinski definition) is 2. The SMILES string of the molecule is CCC(NC1CC(C)(C)OC1(C)C)c1ccc(Br)cc1. The molecule has 1 aromatic carbocycles.